The monoisotopic (exact) mass is 286 g/mol. The van der Waals surface area contributed by atoms with Crippen LogP contribution in [0.1, 0.15) is 33.7 Å². The molecule has 2 rings (SSSR count). The summed E-state index contributed by atoms with van der Waals surface area (Å²) in [4.78, 5) is 25.7. The molecule has 1 amide bonds. The summed E-state index contributed by atoms with van der Waals surface area (Å²) in [7, 11) is 0. The molecule has 5 nitrogen and oxygen atoms in total. The molecule has 110 valence electrons. The van der Waals surface area contributed by atoms with E-state index in [-0.39, 0.29) is 11.6 Å². The highest BCUT2D eigenvalue weighted by Gasteiger charge is 2.15. The normalized spacial score (nSPS) is 10.4. The fourth-order valence-electron chi connectivity index (χ4n) is 2.08. The number of aromatic nitrogens is 1. The van der Waals surface area contributed by atoms with E-state index < -0.39 is 5.97 Å². The second kappa shape index (κ2) is 6.26. The third kappa shape index (κ3) is 3.95. The Bertz CT molecular complexity index is 657. The van der Waals surface area contributed by atoms with E-state index in [2.05, 4.69) is 10.3 Å². The van der Waals surface area contributed by atoms with Crippen molar-refractivity contribution in [1.29, 1.82) is 0 Å². The number of benzene rings is 1. The van der Waals surface area contributed by atoms with Gasteiger partial charge in [0, 0.05) is 12.1 Å². The maximum absolute atomic E-state index is 11.9. The van der Waals surface area contributed by atoms with Crippen molar-refractivity contribution in [2.45, 2.75) is 26.7 Å². The second-order valence-electron chi connectivity index (χ2n) is 5.08. The van der Waals surface area contributed by atoms with Crippen molar-refractivity contribution < 1.29 is 14.7 Å². The number of rotatable bonds is 5. The van der Waals surface area contributed by atoms with Crippen molar-refractivity contribution in [3.8, 4) is 0 Å². The Hall–Kier alpha value is -2.56. The molecule has 0 saturated heterocycles. The van der Waals surface area contributed by atoms with E-state index in [0.717, 1.165) is 5.56 Å². The number of H-pyrrole nitrogens is 1. The first-order chi connectivity index (χ1) is 9.95. The number of carboxylic acid groups (broad SMARTS) is 1. The van der Waals surface area contributed by atoms with Gasteiger partial charge in [-0.25, -0.2) is 4.79 Å². The van der Waals surface area contributed by atoms with Crippen LogP contribution in [0.3, 0.4) is 0 Å². The Balaban J connectivity index is 1.96. The van der Waals surface area contributed by atoms with E-state index in [1.807, 2.05) is 31.2 Å². The molecule has 0 aliphatic heterocycles. The first-order valence-corrected chi connectivity index (χ1v) is 6.74. The Morgan fingerprint density at radius 3 is 2.48 bits per heavy atom. The highest BCUT2D eigenvalue weighted by Crippen LogP contribution is 2.17. The first kappa shape index (κ1) is 14.8. The molecule has 0 bridgehead atoms. The topological polar surface area (TPSA) is 82.2 Å². The molecular formula is C16H18N2O3. The molecule has 0 aliphatic carbocycles. The predicted molar refractivity (Wildman–Crippen MR) is 80.6 cm³/mol. The molecule has 2 aromatic rings. The van der Waals surface area contributed by atoms with Gasteiger partial charge >= 0.3 is 5.97 Å². The number of hydrogen-bond acceptors (Lipinski definition) is 2. The first-order valence-electron chi connectivity index (χ1n) is 6.74. The second-order valence-corrected chi connectivity index (χ2v) is 5.08. The maximum Gasteiger partial charge on any atom is 0.354 e. The van der Waals surface area contributed by atoms with Gasteiger partial charge in [0.25, 0.3) is 0 Å². The zero-order chi connectivity index (χ0) is 15.4. The summed E-state index contributed by atoms with van der Waals surface area (Å²) in [5, 5.41) is 11.7. The summed E-state index contributed by atoms with van der Waals surface area (Å²) in [6, 6.07) is 9.61. The van der Waals surface area contributed by atoms with Gasteiger partial charge in [0.2, 0.25) is 5.91 Å². The summed E-state index contributed by atoms with van der Waals surface area (Å²) in [5.41, 5.74) is 3.28. The number of carbonyl (C=O) groups excluding carboxylic acids is 1. The molecule has 1 aromatic carbocycles. The smallest absolute Gasteiger partial charge is 0.354 e. The van der Waals surface area contributed by atoms with Gasteiger partial charge in [-0.05, 0) is 31.9 Å². The van der Waals surface area contributed by atoms with Crippen LogP contribution in [0, 0.1) is 13.8 Å². The Morgan fingerprint density at radius 1 is 1.19 bits per heavy atom. The summed E-state index contributed by atoms with van der Waals surface area (Å²) in [6.45, 7) is 3.76. The van der Waals surface area contributed by atoms with Gasteiger partial charge < -0.3 is 15.4 Å². The van der Waals surface area contributed by atoms with Gasteiger partial charge in [-0.1, -0.05) is 29.8 Å². The van der Waals surface area contributed by atoms with Crippen molar-refractivity contribution in [1.82, 2.24) is 4.98 Å². The van der Waals surface area contributed by atoms with Crippen LogP contribution in [-0.4, -0.2) is 22.0 Å². The number of nitrogens with one attached hydrogen (secondary N) is 2. The van der Waals surface area contributed by atoms with E-state index in [0.29, 0.717) is 24.2 Å². The molecule has 1 heterocycles. The third-order valence-corrected chi connectivity index (χ3v) is 3.20. The van der Waals surface area contributed by atoms with E-state index >= 15 is 0 Å². The number of aromatic amines is 1. The Kier molecular flexibility index (Phi) is 4.42. The van der Waals surface area contributed by atoms with Crippen LogP contribution in [-0.2, 0) is 11.2 Å². The van der Waals surface area contributed by atoms with Crippen LogP contribution >= 0.6 is 0 Å². The average molecular weight is 286 g/mol. The van der Waals surface area contributed by atoms with Crippen LogP contribution in [0.15, 0.2) is 30.3 Å². The molecule has 0 spiro atoms. The lowest BCUT2D eigenvalue weighted by Crippen LogP contribution is -2.14. The SMILES string of the molecule is Cc1ccc(CCC(=O)Nc2cc(C)[nH]c2C(=O)O)cc1. The van der Waals surface area contributed by atoms with E-state index in [1.54, 1.807) is 13.0 Å². The molecule has 5 heteroatoms. The summed E-state index contributed by atoms with van der Waals surface area (Å²) in [5.74, 6) is -1.28. The molecule has 0 saturated carbocycles. The number of anilines is 1. The molecule has 0 fully saturated rings. The van der Waals surface area contributed by atoms with Gasteiger partial charge in [0.15, 0.2) is 0 Å². The molecular weight excluding hydrogens is 268 g/mol. The lowest BCUT2D eigenvalue weighted by atomic mass is 10.1. The van der Waals surface area contributed by atoms with E-state index in [1.165, 1.54) is 5.56 Å². The largest absolute Gasteiger partial charge is 0.477 e. The molecule has 3 N–H and O–H groups in total. The number of aromatic carboxylic acids is 1. The van der Waals surface area contributed by atoms with Gasteiger partial charge in [-0.15, -0.1) is 0 Å². The Labute approximate surface area is 123 Å². The number of amides is 1. The van der Waals surface area contributed by atoms with Gasteiger partial charge in [-0.2, -0.15) is 0 Å². The number of carbonyl (C=O) groups is 2. The molecule has 21 heavy (non-hydrogen) atoms. The predicted octanol–water partition coefficient (Wildman–Crippen LogP) is 2.90. The number of aryl methyl sites for hydroxylation is 3. The molecule has 0 radical (unpaired) electrons. The minimum atomic E-state index is -1.09. The Morgan fingerprint density at radius 2 is 1.86 bits per heavy atom. The quantitative estimate of drug-likeness (QED) is 0.790. The zero-order valence-corrected chi connectivity index (χ0v) is 12.1. The van der Waals surface area contributed by atoms with Crippen molar-refractivity contribution in [3.05, 3.63) is 52.8 Å². The van der Waals surface area contributed by atoms with Crippen molar-refractivity contribution >= 4 is 17.6 Å². The van der Waals surface area contributed by atoms with Crippen LogP contribution in [0.25, 0.3) is 0 Å². The van der Waals surface area contributed by atoms with Crippen molar-refractivity contribution in [3.63, 3.8) is 0 Å². The zero-order valence-electron chi connectivity index (χ0n) is 12.1. The number of carboxylic acids is 1. The molecule has 0 unspecified atom stereocenters. The van der Waals surface area contributed by atoms with Gasteiger partial charge in [0.05, 0.1) is 5.69 Å². The molecule has 0 atom stereocenters. The van der Waals surface area contributed by atoms with Crippen molar-refractivity contribution in [2.24, 2.45) is 0 Å². The summed E-state index contributed by atoms with van der Waals surface area (Å²) in [6.07, 6.45) is 0.935. The van der Waals surface area contributed by atoms with Crippen LogP contribution in [0.4, 0.5) is 5.69 Å². The highest BCUT2D eigenvalue weighted by molar-refractivity contribution is 5.99. The lowest BCUT2D eigenvalue weighted by molar-refractivity contribution is -0.116. The minimum Gasteiger partial charge on any atom is -0.477 e. The van der Waals surface area contributed by atoms with Crippen molar-refractivity contribution in [2.75, 3.05) is 5.32 Å². The van der Waals surface area contributed by atoms with Crippen LogP contribution in [0.2, 0.25) is 0 Å². The third-order valence-electron chi connectivity index (χ3n) is 3.20. The molecule has 1 aromatic heterocycles. The summed E-state index contributed by atoms with van der Waals surface area (Å²) < 4.78 is 0. The highest BCUT2D eigenvalue weighted by atomic mass is 16.4. The van der Waals surface area contributed by atoms with E-state index in [9.17, 15) is 9.59 Å². The lowest BCUT2D eigenvalue weighted by Gasteiger charge is -2.05. The maximum atomic E-state index is 11.9. The van der Waals surface area contributed by atoms with Crippen LogP contribution in [0.5, 0.6) is 0 Å². The fraction of sp³-hybridized carbons (Fsp3) is 0.250. The van der Waals surface area contributed by atoms with Crippen LogP contribution < -0.4 is 5.32 Å². The fourth-order valence-corrected chi connectivity index (χ4v) is 2.08. The van der Waals surface area contributed by atoms with Gasteiger partial charge in [0.1, 0.15) is 5.69 Å². The van der Waals surface area contributed by atoms with E-state index in [4.69, 9.17) is 5.11 Å². The minimum absolute atomic E-state index is 0.0104. The standard InChI is InChI=1S/C16H18N2O3/c1-10-3-5-12(6-4-10)7-8-14(19)18-13-9-11(2)17-15(13)16(20)21/h3-6,9,17H,7-8H2,1-2H3,(H,18,19)(H,20,21). The average Bonchev–Trinajstić information content (AvgIpc) is 2.79. The molecule has 0 aliphatic rings. The summed E-state index contributed by atoms with van der Waals surface area (Å²) >= 11 is 0. The van der Waals surface area contributed by atoms with Gasteiger partial charge in [-0.3, -0.25) is 4.79 Å². The number of hydrogen-bond donors (Lipinski definition) is 3.